The number of benzene rings is 2. The first-order chi connectivity index (χ1) is 35.3. The number of ether oxygens (including phenoxy) is 1. The maximum absolute atomic E-state index is 14.5. The Morgan fingerprint density at radius 1 is 1.01 bits per heavy atom. The molecule has 2 aliphatic rings. The molecule has 6 rings (SSSR count). The van der Waals surface area contributed by atoms with Crippen LogP contribution in [0.1, 0.15) is 144 Å². The topological polar surface area (TPSA) is 255 Å². The summed E-state index contributed by atoms with van der Waals surface area (Å²) in [6.07, 6.45) is 7.43. The van der Waals surface area contributed by atoms with Crippen molar-refractivity contribution in [1.29, 1.82) is 5.26 Å². The number of anilines is 1. The van der Waals surface area contributed by atoms with Crippen molar-refractivity contribution in [2.75, 3.05) is 39.5 Å². The van der Waals surface area contributed by atoms with E-state index in [1.54, 1.807) is 37.5 Å². The molecule has 2 aliphatic heterocycles. The van der Waals surface area contributed by atoms with Crippen LogP contribution in [0.15, 0.2) is 54.7 Å². The molecule has 4 heterocycles. The van der Waals surface area contributed by atoms with Crippen molar-refractivity contribution in [1.82, 2.24) is 56.1 Å². The van der Waals surface area contributed by atoms with Crippen molar-refractivity contribution in [3.8, 4) is 23.2 Å². The highest BCUT2D eigenvalue weighted by Crippen LogP contribution is 2.34. The molecule has 5 amide bonds. The maximum Gasteiger partial charge on any atom is 0.258 e. The van der Waals surface area contributed by atoms with Crippen molar-refractivity contribution >= 4 is 35.4 Å². The summed E-state index contributed by atoms with van der Waals surface area (Å²) in [5.41, 5.74) is 8.17. The normalized spacial score (nSPS) is 17.8. The highest BCUT2D eigenvalue weighted by molar-refractivity contribution is 5.96. The Morgan fingerprint density at radius 3 is 2.42 bits per heavy atom. The van der Waals surface area contributed by atoms with Crippen molar-refractivity contribution in [2.24, 2.45) is 5.41 Å². The maximum atomic E-state index is 14.5. The van der Waals surface area contributed by atoms with Gasteiger partial charge in [0.05, 0.1) is 48.3 Å². The minimum Gasteiger partial charge on any atom is -0.467 e. The van der Waals surface area contributed by atoms with E-state index in [2.05, 4.69) is 47.7 Å². The SMILES string of the molecule is CC[C@@H](NC(=O)[C@@H]1C[C@H](NCCCCCCCCC(=O)NCCn2nc(C#N)c3c2CN(C)C(=O)c2ccc(F)cc2[C@@H](C)Oc2nc-3cnc2N)CN1C(=O)C(NC(=O)[C@H](C)NC)C(C)(C)C)c1ccccc1. The number of carbonyl (C=O) groups is 5. The molecular weight excluding hydrogens is 946 g/mol. The lowest BCUT2D eigenvalue weighted by molar-refractivity contribution is -0.144. The average Bonchev–Trinajstić information content (AvgIpc) is 3.97. The second kappa shape index (κ2) is 25.8. The molecule has 19 nitrogen and oxygen atoms in total. The lowest BCUT2D eigenvalue weighted by atomic mass is 9.85. The van der Waals surface area contributed by atoms with Crippen LogP contribution in [0, 0.1) is 22.6 Å². The number of nitrogens with two attached hydrogens (primary N) is 1. The molecule has 20 heteroatoms. The van der Waals surface area contributed by atoms with Gasteiger partial charge in [0.2, 0.25) is 23.6 Å². The minimum atomic E-state index is -0.841. The van der Waals surface area contributed by atoms with Crippen LogP contribution in [0.3, 0.4) is 0 Å². The number of halogens is 1. The van der Waals surface area contributed by atoms with Crippen molar-refractivity contribution < 1.29 is 33.1 Å². The summed E-state index contributed by atoms with van der Waals surface area (Å²) in [5.74, 6) is -1.91. The number of likely N-dealkylation sites (tertiary alicyclic amines) is 1. The Hall–Kier alpha value is -6.98. The summed E-state index contributed by atoms with van der Waals surface area (Å²) in [5, 5.41) is 30.4. The third-order valence-electron chi connectivity index (χ3n) is 13.8. The molecular formula is C54H74FN13O6. The molecule has 0 aliphatic carbocycles. The number of rotatable bonds is 21. The summed E-state index contributed by atoms with van der Waals surface area (Å²) in [6.45, 7) is 12.6. The van der Waals surface area contributed by atoms with Gasteiger partial charge in [0.15, 0.2) is 11.5 Å². The van der Waals surface area contributed by atoms with E-state index in [1.165, 1.54) is 29.3 Å². The third-order valence-corrected chi connectivity index (χ3v) is 13.8. The van der Waals surface area contributed by atoms with Gasteiger partial charge >= 0.3 is 0 Å². The van der Waals surface area contributed by atoms with Crippen LogP contribution in [-0.2, 0) is 32.3 Å². The number of likely N-dealkylation sites (N-methyl/N-ethyl adjacent to an activating group) is 1. The molecule has 6 atom stereocenters. The minimum absolute atomic E-state index is 0.00583. The van der Waals surface area contributed by atoms with Gasteiger partial charge in [-0.2, -0.15) is 10.4 Å². The second-order valence-corrected chi connectivity index (χ2v) is 20.4. The molecule has 2 aromatic carbocycles. The Morgan fingerprint density at radius 2 is 1.73 bits per heavy atom. The zero-order valence-electron chi connectivity index (χ0n) is 44.1. The monoisotopic (exact) mass is 1020 g/mol. The quantitative estimate of drug-likeness (QED) is 0.0567. The van der Waals surface area contributed by atoms with E-state index in [1.807, 2.05) is 58.0 Å². The van der Waals surface area contributed by atoms with Crippen LogP contribution in [-0.4, -0.2) is 117 Å². The first-order valence-corrected chi connectivity index (χ1v) is 25.8. The molecule has 398 valence electrons. The highest BCUT2D eigenvalue weighted by atomic mass is 19.1. The van der Waals surface area contributed by atoms with Gasteiger partial charge in [0.1, 0.15) is 30.1 Å². The fourth-order valence-electron chi connectivity index (χ4n) is 9.45. The first kappa shape index (κ1) is 56.3. The number of nitrogen functional groups attached to an aromatic ring is 1. The van der Waals surface area contributed by atoms with E-state index in [0.717, 1.165) is 37.7 Å². The van der Waals surface area contributed by atoms with Gasteiger partial charge in [-0.3, -0.25) is 28.7 Å². The molecule has 1 fully saturated rings. The number of fused-ring (bicyclic) bond motifs is 5. The smallest absolute Gasteiger partial charge is 0.258 e. The van der Waals surface area contributed by atoms with Crippen LogP contribution in [0.5, 0.6) is 5.88 Å². The van der Waals surface area contributed by atoms with E-state index in [9.17, 15) is 33.6 Å². The number of nitriles is 1. The number of nitrogens with zero attached hydrogens (tertiary/aromatic N) is 7. The van der Waals surface area contributed by atoms with E-state index in [-0.39, 0.29) is 84.0 Å². The Balaban J connectivity index is 0.977. The van der Waals surface area contributed by atoms with Gasteiger partial charge in [-0.15, -0.1) is 0 Å². The zero-order chi connectivity index (χ0) is 53.7. The fourth-order valence-corrected chi connectivity index (χ4v) is 9.45. The molecule has 2 aromatic heterocycles. The van der Waals surface area contributed by atoms with E-state index >= 15 is 0 Å². The second-order valence-electron chi connectivity index (χ2n) is 20.4. The number of carbonyl (C=O) groups excluding carboxylic acids is 5. The van der Waals surface area contributed by atoms with E-state index in [4.69, 9.17) is 10.5 Å². The van der Waals surface area contributed by atoms with Gasteiger partial charge < -0.3 is 46.9 Å². The third kappa shape index (κ3) is 14.2. The highest BCUT2D eigenvalue weighted by Gasteiger charge is 2.45. The van der Waals surface area contributed by atoms with Gasteiger partial charge in [-0.25, -0.2) is 14.4 Å². The van der Waals surface area contributed by atoms with Crippen LogP contribution in [0.4, 0.5) is 10.2 Å². The van der Waals surface area contributed by atoms with Crippen LogP contribution >= 0.6 is 0 Å². The van der Waals surface area contributed by atoms with Crippen LogP contribution in [0.2, 0.25) is 0 Å². The largest absolute Gasteiger partial charge is 0.467 e. The Labute approximate surface area is 433 Å². The molecule has 0 spiro atoms. The molecule has 1 saturated heterocycles. The molecule has 0 radical (unpaired) electrons. The number of aromatic nitrogens is 4. The standard InChI is InChI=1S/C54H74FN13O6/c1-9-40(35-19-15-14-16-20-35)62-50(71)43-28-37(31-67(43)53(73)47(54(4,5)6)64-49(70)33(2)58-7)59-24-18-13-11-10-12-17-21-45(69)60-25-26-68-44-32-66(8)52(72)38-23-22-36(55)27-39(38)34(3)74-51-48(57)61-30-42(63-51)46(44)41(29-56)65-68/h14-16,19-20,22-23,27,30,33-34,37,40,43,47,58-59H,9-13,17-18,21,24-26,28,31-32H2,1-8H3,(H2,57,61)(H,60,69)(H,62,71)(H,64,70)/t33-,34+,37-,40+,43-,47?/m0/s1. The van der Waals surface area contributed by atoms with Gasteiger partial charge in [0.25, 0.3) is 11.8 Å². The zero-order valence-corrected chi connectivity index (χ0v) is 44.1. The van der Waals surface area contributed by atoms with E-state index < -0.39 is 41.4 Å². The summed E-state index contributed by atoms with van der Waals surface area (Å²) < 4.78 is 22.1. The fraction of sp³-hybridized carbons (Fsp3) is 0.537. The molecule has 2 bridgehead atoms. The van der Waals surface area contributed by atoms with Crippen molar-refractivity contribution in [2.45, 2.75) is 149 Å². The number of nitrogens with one attached hydrogen (secondary N) is 5. The van der Waals surface area contributed by atoms with E-state index in [0.29, 0.717) is 55.6 Å². The predicted molar refractivity (Wildman–Crippen MR) is 278 cm³/mol. The van der Waals surface area contributed by atoms with Crippen molar-refractivity contribution in [3.05, 3.63) is 88.6 Å². The predicted octanol–water partition coefficient (Wildman–Crippen LogP) is 5.47. The van der Waals surface area contributed by atoms with Crippen LogP contribution < -0.4 is 37.1 Å². The number of hydrogen-bond acceptors (Lipinski definition) is 13. The van der Waals surface area contributed by atoms with Gasteiger partial charge in [-0.05, 0) is 82.3 Å². The number of hydrogen-bond donors (Lipinski definition) is 6. The molecule has 74 heavy (non-hydrogen) atoms. The summed E-state index contributed by atoms with van der Waals surface area (Å²) in [7, 11) is 3.29. The summed E-state index contributed by atoms with van der Waals surface area (Å²) in [4.78, 5) is 80.3. The average molecular weight is 1020 g/mol. The van der Waals surface area contributed by atoms with Gasteiger partial charge in [-0.1, -0.05) is 83.7 Å². The number of unbranched alkanes of at least 4 members (excludes halogenated alkanes) is 5. The van der Waals surface area contributed by atoms with Gasteiger partial charge in [0, 0.05) is 43.7 Å². The molecule has 4 aromatic rings. The lowest BCUT2D eigenvalue weighted by Crippen LogP contribution is -2.59. The Bertz CT molecular complexity index is 2650. The summed E-state index contributed by atoms with van der Waals surface area (Å²) >= 11 is 0. The van der Waals surface area contributed by atoms with Crippen LogP contribution in [0.25, 0.3) is 11.3 Å². The van der Waals surface area contributed by atoms with Crippen molar-refractivity contribution in [3.63, 3.8) is 0 Å². The molecule has 0 saturated carbocycles. The lowest BCUT2D eigenvalue weighted by Gasteiger charge is -2.36. The molecule has 7 N–H and O–H groups in total. The summed E-state index contributed by atoms with van der Waals surface area (Å²) in [6, 6.07) is 13.4. The Kier molecular flexibility index (Phi) is 19.6. The molecule has 1 unspecified atom stereocenters. The number of amides is 5. The first-order valence-electron chi connectivity index (χ1n) is 25.8.